The summed E-state index contributed by atoms with van der Waals surface area (Å²) < 4.78 is 0. The highest BCUT2D eigenvalue weighted by Gasteiger charge is 2.25. The number of hydrogen-bond donors (Lipinski definition) is 2. The minimum atomic E-state index is -0.583. The Morgan fingerprint density at radius 1 is 1.11 bits per heavy atom. The largest absolute Gasteiger partial charge is 0.344 e. The quantitative estimate of drug-likeness (QED) is 0.786. The van der Waals surface area contributed by atoms with E-state index in [1.54, 1.807) is 0 Å². The predicted molar refractivity (Wildman–Crippen MR) is 73.7 cm³/mol. The van der Waals surface area contributed by atoms with Gasteiger partial charge < -0.3 is 11.1 Å². The van der Waals surface area contributed by atoms with Crippen LogP contribution in [-0.4, -0.2) is 24.3 Å². The maximum Gasteiger partial charge on any atom is 0.237 e. The fourth-order valence-corrected chi connectivity index (χ4v) is 1.77. The van der Waals surface area contributed by atoms with E-state index in [1.165, 1.54) is 0 Å². The predicted octanol–water partition coefficient (Wildman–Crippen LogP) is 1.78. The van der Waals surface area contributed by atoms with Crippen LogP contribution in [0.1, 0.15) is 54.4 Å². The van der Waals surface area contributed by atoms with Crippen LogP contribution >= 0.6 is 0 Å². The third-order valence-corrected chi connectivity index (χ3v) is 2.44. The van der Waals surface area contributed by atoms with Gasteiger partial charge in [-0.3, -0.25) is 9.59 Å². The second-order valence-corrected chi connectivity index (χ2v) is 7.32. The summed E-state index contributed by atoms with van der Waals surface area (Å²) in [5.74, 6) is -0.275. The van der Waals surface area contributed by atoms with Crippen LogP contribution in [0.3, 0.4) is 0 Å². The van der Waals surface area contributed by atoms with Crippen LogP contribution in [-0.2, 0) is 9.59 Å². The average Bonchev–Trinajstić information content (AvgIpc) is 2.11. The number of nitrogens with two attached hydrogens (primary N) is 1. The first-order valence-electron chi connectivity index (χ1n) is 6.38. The Bertz CT molecular complexity index is 287. The van der Waals surface area contributed by atoms with E-state index < -0.39 is 12.1 Å². The molecule has 0 saturated heterocycles. The molecule has 1 amide bonds. The first-order valence-corrected chi connectivity index (χ1v) is 6.38. The molecule has 0 saturated carbocycles. The monoisotopic (exact) mass is 255 g/mol. The molecule has 0 aromatic carbocycles. The average molecular weight is 255 g/mol. The van der Waals surface area contributed by atoms with Gasteiger partial charge in [-0.05, 0) is 23.7 Å². The number of carbonyl (C=O) groups is 1. The van der Waals surface area contributed by atoms with Crippen molar-refractivity contribution in [3.05, 3.63) is 0 Å². The molecule has 0 aromatic rings. The molecule has 4 nitrogen and oxygen atoms in total. The summed E-state index contributed by atoms with van der Waals surface area (Å²) in [4.78, 5) is 22.7. The maximum absolute atomic E-state index is 11.9. The van der Waals surface area contributed by atoms with Gasteiger partial charge in [-0.2, -0.15) is 0 Å². The van der Waals surface area contributed by atoms with Gasteiger partial charge in [0.15, 0.2) is 0 Å². The molecule has 0 unspecified atom stereocenters. The van der Waals surface area contributed by atoms with Gasteiger partial charge in [0.1, 0.15) is 0 Å². The lowest BCUT2D eigenvalue weighted by molar-refractivity contribution is -0.123. The fourth-order valence-electron chi connectivity index (χ4n) is 1.77. The molecular formula is C14H27N2O2. The third kappa shape index (κ3) is 8.23. The van der Waals surface area contributed by atoms with Gasteiger partial charge >= 0.3 is 0 Å². The summed E-state index contributed by atoms with van der Waals surface area (Å²) in [5.41, 5.74) is 5.78. The van der Waals surface area contributed by atoms with Gasteiger partial charge in [0.25, 0.3) is 0 Å². The normalized spacial score (nSPS) is 15.9. The van der Waals surface area contributed by atoms with Crippen molar-refractivity contribution in [3.63, 3.8) is 0 Å². The smallest absolute Gasteiger partial charge is 0.237 e. The molecular weight excluding hydrogens is 228 g/mol. The number of hydrogen-bond acceptors (Lipinski definition) is 3. The van der Waals surface area contributed by atoms with Crippen LogP contribution < -0.4 is 11.1 Å². The minimum absolute atomic E-state index is 0.0127. The molecule has 0 bridgehead atoms. The lowest BCUT2D eigenvalue weighted by Crippen LogP contribution is -2.48. The molecule has 0 aromatic heterocycles. The van der Waals surface area contributed by atoms with Gasteiger partial charge in [-0.1, -0.05) is 41.5 Å². The molecule has 0 fully saturated rings. The van der Waals surface area contributed by atoms with E-state index in [0.29, 0.717) is 12.8 Å². The molecule has 18 heavy (non-hydrogen) atoms. The van der Waals surface area contributed by atoms with E-state index in [1.807, 2.05) is 47.8 Å². The van der Waals surface area contributed by atoms with E-state index >= 15 is 0 Å². The second kappa shape index (κ2) is 6.32. The summed E-state index contributed by atoms with van der Waals surface area (Å²) >= 11 is 0. The van der Waals surface area contributed by atoms with E-state index in [-0.39, 0.29) is 16.7 Å². The summed E-state index contributed by atoms with van der Waals surface area (Å²) in [6.45, 7) is 12.1. The summed E-state index contributed by atoms with van der Waals surface area (Å²) in [5, 5.41) is 2.66. The Balaban J connectivity index is 4.40. The lowest BCUT2D eigenvalue weighted by Gasteiger charge is -2.26. The van der Waals surface area contributed by atoms with E-state index in [0.717, 1.165) is 0 Å². The Morgan fingerprint density at radius 2 is 1.56 bits per heavy atom. The molecule has 4 heteroatoms. The Labute approximate surface area is 111 Å². The van der Waals surface area contributed by atoms with Crippen molar-refractivity contribution in [2.24, 2.45) is 16.6 Å². The molecule has 3 N–H and O–H groups in total. The van der Waals surface area contributed by atoms with Crippen LogP contribution in [0.2, 0.25) is 0 Å². The zero-order valence-corrected chi connectivity index (χ0v) is 12.5. The molecule has 0 spiro atoms. The molecule has 0 heterocycles. The van der Waals surface area contributed by atoms with Gasteiger partial charge in [-0.15, -0.1) is 0 Å². The molecule has 0 rings (SSSR count). The van der Waals surface area contributed by atoms with E-state index in [4.69, 9.17) is 5.73 Å². The van der Waals surface area contributed by atoms with Gasteiger partial charge in [0.05, 0.1) is 12.1 Å². The zero-order valence-electron chi connectivity index (χ0n) is 12.5. The van der Waals surface area contributed by atoms with Gasteiger partial charge in [0, 0.05) is 0 Å². The van der Waals surface area contributed by atoms with Crippen LogP contribution in [0.15, 0.2) is 0 Å². The molecule has 2 atom stereocenters. The zero-order chi connectivity index (χ0) is 14.6. The van der Waals surface area contributed by atoms with Crippen LogP contribution in [0.25, 0.3) is 0 Å². The number of nitrogens with one attached hydrogen (secondary N) is 1. The molecule has 0 aliphatic carbocycles. The third-order valence-electron chi connectivity index (χ3n) is 2.44. The summed E-state index contributed by atoms with van der Waals surface area (Å²) in [6, 6.07) is -1.16. The highest BCUT2D eigenvalue weighted by molar-refractivity contribution is 5.84. The number of rotatable bonds is 5. The topological polar surface area (TPSA) is 72.2 Å². The Hall–Kier alpha value is -0.900. The second-order valence-electron chi connectivity index (χ2n) is 7.32. The molecule has 0 aliphatic rings. The lowest BCUT2D eigenvalue weighted by atomic mass is 9.87. The van der Waals surface area contributed by atoms with Crippen LogP contribution in [0.4, 0.5) is 0 Å². The Morgan fingerprint density at radius 3 is 1.89 bits per heavy atom. The van der Waals surface area contributed by atoms with Crippen molar-refractivity contribution >= 4 is 12.2 Å². The first kappa shape index (κ1) is 17.1. The van der Waals surface area contributed by atoms with Crippen molar-refractivity contribution in [3.8, 4) is 0 Å². The van der Waals surface area contributed by atoms with Crippen molar-refractivity contribution in [2.45, 2.75) is 66.5 Å². The molecule has 0 aliphatic heterocycles. The highest BCUT2D eigenvalue weighted by atomic mass is 16.2. The maximum atomic E-state index is 11.9. The molecule has 105 valence electrons. The van der Waals surface area contributed by atoms with Crippen LogP contribution in [0.5, 0.6) is 0 Å². The van der Waals surface area contributed by atoms with E-state index in [9.17, 15) is 9.59 Å². The number of carbonyl (C=O) groups excluding carboxylic acids is 2. The van der Waals surface area contributed by atoms with E-state index in [2.05, 4.69) is 5.32 Å². The molecule has 1 radical (unpaired) electrons. The summed E-state index contributed by atoms with van der Waals surface area (Å²) in [7, 11) is 0. The van der Waals surface area contributed by atoms with Crippen LogP contribution in [0, 0.1) is 10.8 Å². The first-order chi connectivity index (χ1) is 7.94. The SMILES string of the molecule is CC(C)(C)C[C@@H]([C]=O)NC(=O)[C@H](N)CC(C)(C)C. The van der Waals surface area contributed by atoms with Crippen molar-refractivity contribution in [1.29, 1.82) is 0 Å². The van der Waals surface area contributed by atoms with Crippen molar-refractivity contribution < 1.29 is 9.59 Å². The number of amides is 1. The minimum Gasteiger partial charge on any atom is -0.344 e. The Kier molecular flexibility index (Phi) is 6.00. The fraction of sp³-hybridized carbons (Fsp3) is 0.857. The van der Waals surface area contributed by atoms with Crippen molar-refractivity contribution in [2.75, 3.05) is 0 Å². The standard InChI is InChI=1S/C14H27N2O2/c1-13(2,3)7-10(9-17)16-12(18)11(15)8-14(4,5)6/h10-11H,7-8,15H2,1-6H3,(H,16,18)/t10-,11+/m0/s1. The van der Waals surface area contributed by atoms with Gasteiger partial charge in [-0.25, -0.2) is 0 Å². The summed E-state index contributed by atoms with van der Waals surface area (Å²) in [6.07, 6.45) is 3.01. The highest BCUT2D eigenvalue weighted by Crippen LogP contribution is 2.21. The van der Waals surface area contributed by atoms with Crippen molar-refractivity contribution in [1.82, 2.24) is 5.32 Å². The van der Waals surface area contributed by atoms with Gasteiger partial charge in [0.2, 0.25) is 12.2 Å².